The zero-order chi connectivity index (χ0) is 17.7. The maximum Gasteiger partial charge on any atom is 0.269 e. The van der Waals surface area contributed by atoms with Crippen LogP contribution in [0.5, 0.6) is 5.88 Å². The lowest BCUT2D eigenvalue weighted by molar-refractivity contribution is 0.0997. The number of nitrogens with two attached hydrogens (primary N) is 2. The number of hydrogen-bond acceptors (Lipinski definition) is 6. The number of aromatic nitrogens is 2. The molecule has 5 N–H and O–H groups in total. The van der Waals surface area contributed by atoms with Gasteiger partial charge in [-0.15, -0.1) is 0 Å². The summed E-state index contributed by atoms with van der Waals surface area (Å²) in [5.74, 6) is -0.195. The summed E-state index contributed by atoms with van der Waals surface area (Å²) in [5, 5.41) is 9.38. The smallest absolute Gasteiger partial charge is 0.269 e. The van der Waals surface area contributed by atoms with Crippen molar-refractivity contribution in [2.45, 2.75) is 6.92 Å². The third-order valence-corrected chi connectivity index (χ3v) is 3.26. The molecule has 0 saturated carbocycles. The molecule has 0 spiro atoms. The van der Waals surface area contributed by atoms with E-state index >= 15 is 0 Å². The van der Waals surface area contributed by atoms with Crippen molar-refractivity contribution in [3.63, 3.8) is 0 Å². The van der Waals surface area contributed by atoms with Gasteiger partial charge in [0.15, 0.2) is 5.69 Å². The van der Waals surface area contributed by atoms with Gasteiger partial charge in [0.25, 0.3) is 5.91 Å². The normalized spacial score (nSPS) is 12.3. The number of rotatable bonds is 5. The molecule has 0 aliphatic rings. The summed E-state index contributed by atoms with van der Waals surface area (Å²) < 4.78 is 5.12. The lowest BCUT2D eigenvalue weighted by Crippen LogP contribution is -2.17. The van der Waals surface area contributed by atoms with Crippen LogP contribution in [0.3, 0.4) is 0 Å². The summed E-state index contributed by atoms with van der Waals surface area (Å²) in [6.07, 6.45) is 8.02. The quantitative estimate of drug-likeness (QED) is 0.572. The molecule has 2 aromatic rings. The van der Waals surface area contributed by atoms with Crippen LogP contribution in [-0.2, 0) is 0 Å². The first-order valence-electron chi connectivity index (χ1n) is 7.12. The number of primary amides is 1. The topological polar surface area (TPSA) is 124 Å². The van der Waals surface area contributed by atoms with Crippen molar-refractivity contribution in [1.82, 2.24) is 9.97 Å². The average Bonchev–Trinajstić information content (AvgIpc) is 2.58. The van der Waals surface area contributed by atoms with Gasteiger partial charge in [-0.25, -0.2) is 9.97 Å². The Labute approximate surface area is 139 Å². The van der Waals surface area contributed by atoms with E-state index in [-0.39, 0.29) is 17.1 Å². The number of hydrogen-bond donors (Lipinski definition) is 3. The Morgan fingerprint density at radius 1 is 1.29 bits per heavy atom. The molecule has 0 saturated heterocycles. The number of pyridine rings is 2. The predicted molar refractivity (Wildman–Crippen MR) is 93.6 cm³/mol. The van der Waals surface area contributed by atoms with Gasteiger partial charge in [-0.3, -0.25) is 4.79 Å². The van der Waals surface area contributed by atoms with Gasteiger partial charge in [-0.05, 0) is 25.1 Å². The van der Waals surface area contributed by atoms with Gasteiger partial charge in [-0.2, -0.15) is 0 Å². The molecule has 0 aliphatic carbocycles. The maximum atomic E-state index is 11.6. The number of fused-ring (bicyclic) bond motifs is 1. The Hall–Kier alpha value is -3.35. The second-order valence-corrected chi connectivity index (χ2v) is 4.81. The van der Waals surface area contributed by atoms with E-state index in [4.69, 9.17) is 16.2 Å². The fourth-order valence-corrected chi connectivity index (χ4v) is 2.03. The second-order valence-electron chi connectivity index (χ2n) is 4.81. The molecule has 2 heterocycles. The highest BCUT2D eigenvalue weighted by molar-refractivity contribution is 6.03. The Morgan fingerprint density at radius 2 is 2.04 bits per heavy atom. The first-order chi connectivity index (χ1) is 11.5. The van der Waals surface area contributed by atoms with Crippen molar-refractivity contribution in [3.8, 4) is 5.88 Å². The van der Waals surface area contributed by atoms with Gasteiger partial charge in [0, 0.05) is 11.6 Å². The van der Waals surface area contributed by atoms with E-state index in [1.54, 1.807) is 43.4 Å². The third kappa shape index (κ3) is 3.52. The summed E-state index contributed by atoms with van der Waals surface area (Å²) >= 11 is 0. The zero-order valence-electron chi connectivity index (χ0n) is 13.4. The number of carbonyl (C=O) groups excluding carboxylic acids is 1. The maximum absolute atomic E-state index is 11.6. The molecule has 24 heavy (non-hydrogen) atoms. The van der Waals surface area contributed by atoms with Crippen molar-refractivity contribution in [2.24, 2.45) is 5.73 Å². The number of allylic oxidation sites excluding steroid dienone is 4. The monoisotopic (exact) mass is 326 g/mol. The Bertz CT molecular complexity index is 870. The fraction of sp³-hybridized carbons (Fsp3) is 0.118. The van der Waals surface area contributed by atoms with Crippen LogP contribution < -0.4 is 16.2 Å². The number of nitrogens with zero attached hydrogens (tertiary/aromatic N) is 2. The molecule has 7 heteroatoms. The minimum atomic E-state index is -0.720. The van der Waals surface area contributed by atoms with Crippen LogP contribution in [0.4, 0.5) is 5.69 Å². The fourth-order valence-electron chi connectivity index (χ4n) is 2.03. The molecule has 0 radical (unpaired) electrons. The predicted octanol–water partition coefficient (Wildman–Crippen LogP) is 2.35. The number of amides is 1. The Kier molecular flexibility index (Phi) is 5.16. The molecule has 0 atom stereocenters. The first kappa shape index (κ1) is 17.0. The SMILES string of the molecule is C/C=C(O)/C=C\C=C\c1c(N)c(C(N)=O)nc2ccc(OC)nc12. The minimum Gasteiger partial charge on any atom is -0.508 e. The van der Waals surface area contributed by atoms with Crippen molar-refractivity contribution in [3.05, 3.63) is 53.5 Å². The van der Waals surface area contributed by atoms with Gasteiger partial charge < -0.3 is 21.3 Å². The molecule has 124 valence electrons. The highest BCUT2D eigenvalue weighted by atomic mass is 16.5. The Morgan fingerprint density at radius 3 is 2.67 bits per heavy atom. The molecular formula is C17H18N4O3. The standard InChI is InChI=1S/C17H18N4O3/c1-3-10(22)6-4-5-7-11-14(18)16(17(19)23)20-12-8-9-13(24-2)21-15(11)12/h3-9,22H,18H2,1-2H3,(H2,19,23)/b6-4-,7-5+,10-3-. The number of anilines is 1. The molecule has 0 aliphatic heterocycles. The number of ether oxygens (including phenoxy) is 1. The lowest BCUT2D eigenvalue weighted by atomic mass is 10.1. The first-order valence-corrected chi connectivity index (χ1v) is 7.12. The number of methoxy groups -OCH3 is 1. The number of aliphatic hydroxyl groups is 1. The molecular weight excluding hydrogens is 308 g/mol. The van der Waals surface area contributed by atoms with Gasteiger partial charge in [0.05, 0.1) is 18.3 Å². The number of carbonyl (C=O) groups is 1. The third-order valence-electron chi connectivity index (χ3n) is 3.26. The van der Waals surface area contributed by atoms with Crippen molar-refractivity contribution < 1.29 is 14.6 Å². The summed E-state index contributed by atoms with van der Waals surface area (Å²) in [6, 6.07) is 3.31. The molecule has 0 aromatic carbocycles. The van der Waals surface area contributed by atoms with Crippen LogP contribution in [0.2, 0.25) is 0 Å². The average molecular weight is 326 g/mol. The number of aliphatic hydroxyl groups excluding tert-OH is 1. The molecule has 0 fully saturated rings. The molecule has 0 unspecified atom stereocenters. The van der Waals surface area contributed by atoms with E-state index in [1.807, 2.05) is 0 Å². The van der Waals surface area contributed by atoms with Crippen molar-refractivity contribution in [1.29, 1.82) is 0 Å². The van der Waals surface area contributed by atoms with Gasteiger partial charge in [0.1, 0.15) is 11.3 Å². The van der Waals surface area contributed by atoms with E-state index in [0.29, 0.717) is 22.5 Å². The second kappa shape index (κ2) is 7.28. The van der Waals surface area contributed by atoms with Crippen molar-refractivity contribution >= 4 is 28.7 Å². The highest BCUT2D eigenvalue weighted by Crippen LogP contribution is 2.27. The van der Waals surface area contributed by atoms with Crippen LogP contribution in [0, 0.1) is 0 Å². The van der Waals surface area contributed by atoms with Gasteiger partial charge in [0.2, 0.25) is 5.88 Å². The molecule has 2 rings (SSSR count). The summed E-state index contributed by atoms with van der Waals surface area (Å²) in [5.41, 5.74) is 12.9. The summed E-state index contributed by atoms with van der Waals surface area (Å²) in [7, 11) is 1.50. The van der Waals surface area contributed by atoms with Crippen LogP contribution >= 0.6 is 0 Å². The highest BCUT2D eigenvalue weighted by Gasteiger charge is 2.16. The van der Waals surface area contributed by atoms with Crippen LogP contribution in [0.1, 0.15) is 23.0 Å². The largest absolute Gasteiger partial charge is 0.508 e. The number of nitrogen functional groups attached to an aromatic ring is 1. The zero-order valence-corrected chi connectivity index (χ0v) is 13.4. The van der Waals surface area contributed by atoms with Crippen LogP contribution in [-0.4, -0.2) is 28.1 Å². The van der Waals surface area contributed by atoms with E-state index in [1.165, 1.54) is 13.2 Å². The van der Waals surface area contributed by atoms with Crippen molar-refractivity contribution in [2.75, 3.05) is 12.8 Å². The van der Waals surface area contributed by atoms with E-state index < -0.39 is 5.91 Å². The molecule has 1 amide bonds. The Balaban J connectivity index is 2.63. The molecule has 2 aromatic heterocycles. The van der Waals surface area contributed by atoms with Gasteiger partial charge in [-0.1, -0.05) is 18.2 Å². The van der Waals surface area contributed by atoms with Gasteiger partial charge >= 0.3 is 0 Å². The summed E-state index contributed by atoms with van der Waals surface area (Å²) in [6.45, 7) is 1.72. The van der Waals surface area contributed by atoms with Crippen LogP contribution in [0.15, 0.2) is 42.2 Å². The van der Waals surface area contributed by atoms with E-state index in [2.05, 4.69) is 9.97 Å². The summed E-state index contributed by atoms with van der Waals surface area (Å²) in [4.78, 5) is 20.0. The van der Waals surface area contributed by atoms with E-state index in [9.17, 15) is 9.90 Å². The lowest BCUT2D eigenvalue weighted by Gasteiger charge is -2.10. The minimum absolute atomic E-state index is 0.0191. The van der Waals surface area contributed by atoms with Crippen LogP contribution in [0.25, 0.3) is 17.1 Å². The molecule has 7 nitrogen and oxygen atoms in total. The molecule has 0 bridgehead atoms. The van der Waals surface area contributed by atoms with E-state index in [0.717, 1.165) is 0 Å².